The molecule has 3 rings (SSSR count). The number of H-pyrrole nitrogens is 1. The van der Waals surface area contributed by atoms with Crippen LogP contribution in [0.15, 0.2) is 36.4 Å². The largest absolute Gasteiger partial charge is 0.334 e. The Labute approximate surface area is 130 Å². The first-order valence-corrected chi connectivity index (χ1v) is 7.69. The molecule has 1 aromatic heterocycles. The van der Waals surface area contributed by atoms with Crippen LogP contribution in [0.4, 0.5) is 0 Å². The molecule has 1 atom stereocenters. The highest BCUT2D eigenvalue weighted by Crippen LogP contribution is 2.15. The Morgan fingerprint density at radius 1 is 1.32 bits per heavy atom. The molecule has 0 bridgehead atoms. The predicted molar refractivity (Wildman–Crippen MR) is 85.8 cm³/mol. The number of rotatable bonds is 3. The SMILES string of the molecule is Cc1cc(C(=O)N2CCN(C)C(Cc3ccccc3)C2)n[nH]1. The molecule has 2 heterocycles. The van der Waals surface area contributed by atoms with Gasteiger partial charge in [-0.3, -0.25) is 14.8 Å². The second kappa shape index (κ2) is 6.32. The smallest absolute Gasteiger partial charge is 0.274 e. The Morgan fingerprint density at radius 3 is 2.77 bits per heavy atom. The van der Waals surface area contributed by atoms with Crippen molar-refractivity contribution in [1.82, 2.24) is 20.0 Å². The van der Waals surface area contributed by atoms with Gasteiger partial charge in [-0.1, -0.05) is 30.3 Å². The van der Waals surface area contributed by atoms with E-state index in [1.165, 1.54) is 5.56 Å². The number of nitrogens with zero attached hydrogens (tertiary/aromatic N) is 3. The predicted octanol–water partition coefficient (Wildman–Crippen LogP) is 1.72. The number of likely N-dealkylation sites (N-methyl/N-ethyl adjacent to an activating group) is 1. The zero-order valence-electron chi connectivity index (χ0n) is 13.1. The highest BCUT2D eigenvalue weighted by atomic mass is 16.2. The van der Waals surface area contributed by atoms with Crippen LogP contribution >= 0.6 is 0 Å². The van der Waals surface area contributed by atoms with Gasteiger partial charge in [-0.15, -0.1) is 0 Å². The number of carbonyl (C=O) groups excluding carboxylic acids is 1. The lowest BCUT2D eigenvalue weighted by Gasteiger charge is -2.39. The lowest BCUT2D eigenvalue weighted by Crippen LogP contribution is -2.54. The molecule has 0 spiro atoms. The topological polar surface area (TPSA) is 52.2 Å². The van der Waals surface area contributed by atoms with Crippen molar-refractivity contribution < 1.29 is 4.79 Å². The summed E-state index contributed by atoms with van der Waals surface area (Å²) >= 11 is 0. The van der Waals surface area contributed by atoms with Crippen molar-refractivity contribution >= 4 is 5.91 Å². The maximum absolute atomic E-state index is 12.5. The fourth-order valence-electron chi connectivity index (χ4n) is 2.93. The maximum Gasteiger partial charge on any atom is 0.274 e. The zero-order chi connectivity index (χ0) is 15.5. The molecule has 1 unspecified atom stereocenters. The lowest BCUT2D eigenvalue weighted by atomic mass is 10.0. The highest BCUT2D eigenvalue weighted by Gasteiger charge is 2.28. The van der Waals surface area contributed by atoms with Gasteiger partial charge >= 0.3 is 0 Å². The summed E-state index contributed by atoms with van der Waals surface area (Å²) in [7, 11) is 2.13. The minimum absolute atomic E-state index is 0.0236. The molecule has 0 radical (unpaired) electrons. The van der Waals surface area contributed by atoms with E-state index < -0.39 is 0 Å². The molecular formula is C17H22N4O. The average Bonchev–Trinajstić information content (AvgIpc) is 2.96. The van der Waals surface area contributed by atoms with Crippen LogP contribution in [0.25, 0.3) is 0 Å². The zero-order valence-corrected chi connectivity index (χ0v) is 13.1. The Kier molecular flexibility index (Phi) is 4.24. The molecule has 1 aliphatic heterocycles. The number of nitrogens with one attached hydrogen (secondary N) is 1. The number of benzene rings is 1. The first-order chi connectivity index (χ1) is 10.6. The van der Waals surface area contributed by atoms with E-state index >= 15 is 0 Å². The van der Waals surface area contributed by atoms with Crippen LogP contribution in [0.3, 0.4) is 0 Å². The van der Waals surface area contributed by atoms with E-state index in [1.54, 1.807) is 0 Å². The summed E-state index contributed by atoms with van der Waals surface area (Å²) in [6.45, 7) is 4.31. The third-order valence-electron chi connectivity index (χ3n) is 4.30. The molecule has 2 aromatic rings. The molecule has 0 saturated carbocycles. The van der Waals surface area contributed by atoms with E-state index in [-0.39, 0.29) is 5.91 Å². The summed E-state index contributed by atoms with van der Waals surface area (Å²) < 4.78 is 0. The van der Waals surface area contributed by atoms with Crippen molar-refractivity contribution in [3.8, 4) is 0 Å². The molecule has 1 amide bonds. The standard InChI is InChI=1S/C17H22N4O/c1-13-10-16(19-18-13)17(22)21-9-8-20(2)15(12-21)11-14-6-4-3-5-7-14/h3-7,10,15H,8-9,11-12H2,1-2H3,(H,18,19). The molecule has 1 fully saturated rings. The molecule has 22 heavy (non-hydrogen) atoms. The second-order valence-electron chi connectivity index (χ2n) is 6.01. The van der Waals surface area contributed by atoms with Gasteiger partial charge in [0.15, 0.2) is 0 Å². The molecule has 5 nitrogen and oxygen atoms in total. The summed E-state index contributed by atoms with van der Waals surface area (Å²) in [5, 5.41) is 6.93. The van der Waals surface area contributed by atoms with Crippen LogP contribution < -0.4 is 0 Å². The lowest BCUT2D eigenvalue weighted by molar-refractivity contribution is 0.0542. The third-order valence-corrected chi connectivity index (χ3v) is 4.30. The Balaban J connectivity index is 1.69. The van der Waals surface area contributed by atoms with Gasteiger partial charge in [-0.05, 0) is 32.0 Å². The van der Waals surface area contributed by atoms with E-state index in [9.17, 15) is 4.79 Å². The quantitative estimate of drug-likeness (QED) is 0.938. The van der Waals surface area contributed by atoms with Crippen LogP contribution in [0.1, 0.15) is 21.7 Å². The molecule has 1 aliphatic rings. The maximum atomic E-state index is 12.5. The Morgan fingerprint density at radius 2 is 2.09 bits per heavy atom. The normalized spacial score (nSPS) is 19.4. The van der Waals surface area contributed by atoms with Gasteiger partial charge < -0.3 is 4.90 Å². The number of aryl methyl sites for hydroxylation is 1. The van der Waals surface area contributed by atoms with E-state index in [4.69, 9.17) is 0 Å². The van der Waals surface area contributed by atoms with Gasteiger partial charge in [-0.2, -0.15) is 5.10 Å². The van der Waals surface area contributed by atoms with Crippen molar-refractivity contribution in [2.75, 3.05) is 26.7 Å². The van der Waals surface area contributed by atoms with Crippen molar-refractivity contribution in [3.05, 3.63) is 53.3 Å². The van der Waals surface area contributed by atoms with Crippen LogP contribution in [-0.2, 0) is 6.42 Å². The van der Waals surface area contributed by atoms with Crippen LogP contribution in [0.2, 0.25) is 0 Å². The fourth-order valence-corrected chi connectivity index (χ4v) is 2.93. The van der Waals surface area contributed by atoms with Gasteiger partial charge in [0.1, 0.15) is 5.69 Å². The molecule has 0 aliphatic carbocycles. The van der Waals surface area contributed by atoms with E-state index in [2.05, 4.69) is 46.4 Å². The molecule has 1 aromatic carbocycles. The average molecular weight is 298 g/mol. The van der Waals surface area contributed by atoms with E-state index in [0.717, 1.165) is 31.7 Å². The number of hydrogen-bond donors (Lipinski definition) is 1. The number of amides is 1. The summed E-state index contributed by atoms with van der Waals surface area (Å²) in [5.74, 6) is 0.0236. The summed E-state index contributed by atoms with van der Waals surface area (Å²) in [6, 6.07) is 12.6. The molecular weight excluding hydrogens is 276 g/mol. The summed E-state index contributed by atoms with van der Waals surface area (Å²) in [4.78, 5) is 16.8. The van der Waals surface area contributed by atoms with Crippen molar-refractivity contribution in [2.45, 2.75) is 19.4 Å². The monoisotopic (exact) mass is 298 g/mol. The van der Waals surface area contributed by atoms with Gasteiger partial charge in [-0.25, -0.2) is 0 Å². The molecule has 5 heteroatoms. The second-order valence-corrected chi connectivity index (χ2v) is 6.01. The van der Waals surface area contributed by atoms with Gasteiger partial charge in [0.05, 0.1) is 0 Å². The minimum atomic E-state index is 0.0236. The number of piperazine rings is 1. The van der Waals surface area contributed by atoms with Gasteiger partial charge in [0.2, 0.25) is 0 Å². The first-order valence-electron chi connectivity index (χ1n) is 7.69. The Hall–Kier alpha value is -2.14. The van der Waals surface area contributed by atoms with Crippen molar-refractivity contribution in [3.63, 3.8) is 0 Å². The van der Waals surface area contributed by atoms with Gasteiger partial charge in [0, 0.05) is 31.4 Å². The third kappa shape index (κ3) is 3.20. The van der Waals surface area contributed by atoms with Gasteiger partial charge in [0.25, 0.3) is 5.91 Å². The molecule has 116 valence electrons. The number of aromatic nitrogens is 2. The molecule has 1 N–H and O–H groups in total. The highest BCUT2D eigenvalue weighted by molar-refractivity contribution is 5.92. The number of hydrogen-bond acceptors (Lipinski definition) is 3. The summed E-state index contributed by atoms with van der Waals surface area (Å²) in [5.41, 5.74) is 2.74. The van der Waals surface area contributed by atoms with Crippen molar-refractivity contribution in [1.29, 1.82) is 0 Å². The van der Waals surface area contributed by atoms with Crippen LogP contribution in [0, 0.1) is 6.92 Å². The van der Waals surface area contributed by atoms with Crippen LogP contribution in [-0.4, -0.2) is 58.6 Å². The number of carbonyl (C=O) groups is 1. The first kappa shape index (κ1) is 14.8. The van der Waals surface area contributed by atoms with Crippen LogP contribution in [0.5, 0.6) is 0 Å². The fraction of sp³-hybridized carbons (Fsp3) is 0.412. The van der Waals surface area contributed by atoms with Crippen molar-refractivity contribution in [2.24, 2.45) is 0 Å². The Bertz CT molecular complexity index is 637. The molecule has 1 saturated heterocycles. The van der Waals surface area contributed by atoms with E-state index in [1.807, 2.05) is 24.0 Å². The van der Waals surface area contributed by atoms with E-state index in [0.29, 0.717) is 11.7 Å². The minimum Gasteiger partial charge on any atom is -0.334 e. The number of aromatic amines is 1. The summed E-state index contributed by atoms with van der Waals surface area (Å²) in [6.07, 6.45) is 0.959.